The van der Waals surface area contributed by atoms with E-state index in [0.29, 0.717) is 0 Å². The monoisotopic (exact) mass is 244 g/mol. The number of benzene rings is 1. The van der Waals surface area contributed by atoms with Crippen molar-refractivity contribution in [3.05, 3.63) is 29.8 Å². The van der Waals surface area contributed by atoms with Crippen LogP contribution in [0.2, 0.25) is 0 Å². The number of nitrogens with zero attached hydrogens (tertiary/aromatic N) is 1. The predicted molar refractivity (Wildman–Crippen MR) is 76.8 cm³/mol. The molecule has 3 rings (SSSR count). The van der Waals surface area contributed by atoms with Crippen LogP contribution in [0.1, 0.15) is 50.1 Å². The zero-order valence-corrected chi connectivity index (χ0v) is 11.1. The van der Waals surface area contributed by atoms with Gasteiger partial charge in [-0.05, 0) is 43.2 Å². The van der Waals surface area contributed by atoms with Crippen LogP contribution in [0.3, 0.4) is 0 Å². The van der Waals surface area contributed by atoms with Crippen LogP contribution in [0.15, 0.2) is 24.3 Å². The summed E-state index contributed by atoms with van der Waals surface area (Å²) < 4.78 is 0. The quantitative estimate of drug-likeness (QED) is 0.878. The Morgan fingerprint density at radius 2 is 1.83 bits per heavy atom. The smallest absolute Gasteiger partial charge is 0.0414 e. The van der Waals surface area contributed by atoms with Gasteiger partial charge >= 0.3 is 0 Å². The Balaban J connectivity index is 1.78. The Kier molecular flexibility index (Phi) is 3.55. The molecule has 18 heavy (non-hydrogen) atoms. The normalized spacial score (nSPS) is 21.9. The fraction of sp³-hybridized carbons (Fsp3) is 0.625. The Bertz CT molecular complexity index is 392. The highest BCUT2D eigenvalue weighted by Crippen LogP contribution is 2.39. The topological polar surface area (TPSA) is 29.3 Å². The van der Waals surface area contributed by atoms with Crippen molar-refractivity contribution < 1.29 is 0 Å². The van der Waals surface area contributed by atoms with Crippen molar-refractivity contribution in [3.8, 4) is 0 Å². The fourth-order valence-corrected chi connectivity index (χ4v) is 3.06. The van der Waals surface area contributed by atoms with Gasteiger partial charge in [0.2, 0.25) is 0 Å². The summed E-state index contributed by atoms with van der Waals surface area (Å²) in [6, 6.07) is 9.01. The molecule has 2 heteroatoms. The predicted octanol–water partition coefficient (Wildman–Crippen LogP) is 3.48. The molecule has 1 aliphatic carbocycles. The van der Waals surface area contributed by atoms with Gasteiger partial charge in [-0.3, -0.25) is 0 Å². The summed E-state index contributed by atoms with van der Waals surface area (Å²) >= 11 is 0. The molecule has 1 atom stereocenters. The molecule has 0 amide bonds. The van der Waals surface area contributed by atoms with Crippen molar-refractivity contribution in [1.29, 1.82) is 0 Å². The molecule has 1 aromatic carbocycles. The molecule has 0 spiro atoms. The molecule has 1 heterocycles. The Hall–Kier alpha value is -1.02. The summed E-state index contributed by atoms with van der Waals surface area (Å²) in [5.74, 6) is 0.898. The summed E-state index contributed by atoms with van der Waals surface area (Å²) in [5, 5.41) is 0. The van der Waals surface area contributed by atoms with Gasteiger partial charge in [0.1, 0.15) is 0 Å². The summed E-state index contributed by atoms with van der Waals surface area (Å²) in [6.07, 6.45) is 7.98. The second-order valence-corrected chi connectivity index (χ2v) is 5.89. The molecule has 0 bridgehead atoms. The van der Waals surface area contributed by atoms with Gasteiger partial charge in [0, 0.05) is 24.8 Å². The Labute approximate surface area is 110 Å². The SMILES string of the molecule is N[C@H](CC1CC1)c1ccccc1N1CCCCC1. The van der Waals surface area contributed by atoms with Crippen molar-refractivity contribution in [1.82, 2.24) is 0 Å². The third kappa shape index (κ3) is 2.69. The van der Waals surface area contributed by atoms with E-state index in [1.54, 1.807) is 0 Å². The zero-order chi connectivity index (χ0) is 12.4. The number of hydrogen-bond donors (Lipinski definition) is 1. The van der Waals surface area contributed by atoms with Crippen LogP contribution in [0.4, 0.5) is 5.69 Å². The zero-order valence-electron chi connectivity index (χ0n) is 11.1. The first kappa shape index (κ1) is 12.0. The molecular weight excluding hydrogens is 220 g/mol. The van der Waals surface area contributed by atoms with E-state index in [9.17, 15) is 0 Å². The fourth-order valence-electron chi connectivity index (χ4n) is 3.06. The van der Waals surface area contributed by atoms with E-state index in [1.165, 1.54) is 62.9 Å². The average Bonchev–Trinajstić information content (AvgIpc) is 3.24. The number of anilines is 1. The molecule has 0 aromatic heterocycles. The van der Waals surface area contributed by atoms with Gasteiger partial charge in [0.25, 0.3) is 0 Å². The standard InChI is InChI=1S/C16H24N2/c17-15(12-13-8-9-13)14-6-2-3-7-16(14)18-10-4-1-5-11-18/h2-3,6-7,13,15H,1,4-5,8-12,17H2/t15-/m1/s1. The highest BCUT2D eigenvalue weighted by molar-refractivity contribution is 5.55. The van der Waals surface area contributed by atoms with E-state index >= 15 is 0 Å². The van der Waals surface area contributed by atoms with Crippen molar-refractivity contribution in [2.45, 2.75) is 44.6 Å². The van der Waals surface area contributed by atoms with Crippen LogP contribution in [0, 0.1) is 5.92 Å². The molecule has 2 nitrogen and oxygen atoms in total. The lowest BCUT2D eigenvalue weighted by atomic mass is 9.98. The molecular formula is C16H24N2. The highest BCUT2D eigenvalue weighted by atomic mass is 15.1. The van der Waals surface area contributed by atoms with Crippen molar-refractivity contribution in [3.63, 3.8) is 0 Å². The van der Waals surface area contributed by atoms with E-state index in [-0.39, 0.29) is 6.04 Å². The minimum Gasteiger partial charge on any atom is -0.371 e. The molecule has 1 aromatic rings. The third-order valence-corrected chi connectivity index (χ3v) is 4.32. The maximum absolute atomic E-state index is 6.42. The molecule has 1 saturated heterocycles. The molecule has 1 saturated carbocycles. The number of hydrogen-bond acceptors (Lipinski definition) is 2. The summed E-state index contributed by atoms with van der Waals surface area (Å²) in [5.41, 5.74) is 9.18. The average molecular weight is 244 g/mol. The maximum atomic E-state index is 6.42. The minimum absolute atomic E-state index is 0.232. The lowest BCUT2D eigenvalue weighted by molar-refractivity contribution is 0.564. The molecule has 2 fully saturated rings. The van der Waals surface area contributed by atoms with Crippen molar-refractivity contribution in [2.24, 2.45) is 11.7 Å². The van der Waals surface area contributed by atoms with Crippen LogP contribution >= 0.6 is 0 Å². The number of rotatable bonds is 4. The Morgan fingerprint density at radius 1 is 1.11 bits per heavy atom. The molecule has 1 aliphatic heterocycles. The van der Waals surface area contributed by atoms with Gasteiger partial charge in [-0.2, -0.15) is 0 Å². The lowest BCUT2D eigenvalue weighted by Crippen LogP contribution is -2.31. The number of nitrogens with two attached hydrogens (primary N) is 1. The van der Waals surface area contributed by atoms with Gasteiger partial charge in [0.05, 0.1) is 0 Å². The summed E-state index contributed by atoms with van der Waals surface area (Å²) in [7, 11) is 0. The first-order valence-electron chi connectivity index (χ1n) is 7.44. The lowest BCUT2D eigenvalue weighted by Gasteiger charge is -2.32. The van der Waals surface area contributed by atoms with E-state index < -0.39 is 0 Å². The first-order valence-corrected chi connectivity index (χ1v) is 7.44. The van der Waals surface area contributed by atoms with Crippen molar-refractivity contribution >= 4 is 5.69 Å². The van der Waals surface area contributed by atoms with E-state index in [0.717, 1.165) is 5.92 Å². The third-order valence-electron chi connectivity index (χ3n) is 4.32. The summed E-state index contributed by atoms with van der Waals surface area (Å²) in [4.78, 5) is 2.53. The van der Waals surface area contributed by atoms with Gasteiger partial charge in [-0.25, -0.2) is 0 Å². The molecule has 0 unspecified atom stereocenters. The van der Waals surface area contributed by atoms with E-state index in [2.05, 4.69) is 29.2 Å². The van der Waals surface area contributed by atoms with Crippen LogP contribution in [0.5, 0.6) is 0 Å². The molecule has 2 aliphatic rings. The minimum atomic E-state index is 0.232. The molecule has 98 valence electrons. The van der Waals surface area contributed by atoms with Crippen LogP contribution in [-0.4, -0.2) is 13.1 Å². The second kappa shape index (κ2) is 5.31. The van der Waals surface area contributed by atoms with Crippen LogP contribution in [0.25, 0.3) is 0 Å². The van der Waals surface area contributed by atoms with Crippen LogP contribution in [-0.2, 0) is 0 Å². The molecule has 0 radical (unpaired) electrons. The van der Waals surface area contributed by atoms with Gasteiger partial charge in [0.15, 0.2) is 0 Å². The summed E-state index contributed by atoms with van der Waals surface area (Å²) in [6.45, 7) is 2.40. The maximum Gasteiger partial charge on any atom is 0.0414 e. The van der Waals surface area contributed by atoms with E-state index in [1.807, 2.05) is 0 Å². The number of piperidine rings is 1. The van der Waals surface area contributed by atoms with Gasteiger partial charge in [-0.1, -0.05) is 31.0 Å². The van der Waals surface area contributed by atoms with Gasteiger partial charge in [-0.15, -0.1) is 0 Å². The first-order chi connectivity index (χ1) is 8.84. The second-order valence-electron chi connectivity index (χ2n) is 5.89. The molecule has 2 N–H and O–H groups in total. The van der Waals surface area contributed by atoms with Crippen molar-refractivity contribution in [2.75, 3.05) is 18.0 Å². The largest absolute Gasteiger partial charge is 0.371 e. The van der Waals surface area contributed by atoms with Gasteiger partial charge < -0.3 is 10.6 Å². The van der Waals surface area contributed by atoms with Crippen LogP contribution < -0.4 is 10.6 Å². The Morgan fingerprint density at radius 3 is 2.56 bits per heavy atom. The highest BCUT2D eigenvalue weighted by Gasteiger charge is 2.26. The number of para-hydroxylation sites is 1. The van der Waals surface area contributed by atoms with E-state index in [4.69, 9.17) is 5.73 Å².